The van der Waals surface area contributed by atoms with Crippen LogP contribution < -0.4 is 5.32 Å². The Balaban J connectivity index is 1.49. The third-order valence-corrected chi connectivity index (χ3v) is 4.79. The van der Waals surface area contributed by atoms with Crippen molar-refractivity contribution in [2.45, 2.75) is 26.7 Å². The predicted molar refractivity (Wildman–Crippen MR) is 107 cm³/mol. The summed E-state index contributed by atoms with van der Waals surface area (Å²) in [6.45, 7) is 3.36. The molecule has 0 unspecified atom stereocenters. The van der Waals surface area contributed by atoms with Crippen LogP contribution in [0, 0.1) is 6.92 Å². The standard InChI is InChI=1S/C22H22N2O5/c1-3-15-8-6-7-14(2)20(15)23-18(25)13-29-19(26)11-12-24-21(27)16-9-4-5-10-17(16)22(24)28/h4-10H,3,11-13H2,1-2H3,(H,23,25). The maximum atomic E-state index is 12.3. The SMILES string of the molecule is CCc1cccc(C)c1NC(=O)COC(=O)CCN1C(=O)c2ccccc2C1=O. The number of para-hydroxylation sites is 1. The molecule has 3 rings (SSSR count). The van der Waals surface area contributed by atoms with E-state index in [-0.39, 0.29) is 13.0 Å². The number of fused-ring (bicyclic) bond motifs is 1. The number of hydrogen-bond acceptors (Lipinski definition) is 5. The molecular weight excluding hydrogens is 372 g/mol. The van der Waals surface area contributed by atoms with Crippen molar-refractivity contribution in [2.75, 3.05) is 18.5 Å². The molecule has 1 aliphatic rings. The maximum Gasteiger partial charge on any atom is 0.308 e. The summed E-state index contributed by atoms with van der Waals surface area (Å²) in [7, 11) is 0. The molecule has 7 nitrogen and oxygen atoms in total. The highest BCUT2D eigenvalue weighted by molar-refractivity contribution is 6.21. The van der Waals surface area contributed by atoms with Crippen LogP contribution in [0.1, 0.15) is 45.2 Å². The zero-order valence-corrected chi connectivity index (χ0v) is 16.4. The first-order chi connectivity index (χ1) is 13.9. The minimum absolute atomic E-state index is 0.0927. The predicted octanol–water partition coefficient (Wildman–Crippen LogP) is 2.73. The Kier molecular flexibility index (Phi) is 6.07. The van der Waals surface area contributed by atoms with Gasteiger partial charge in [-0.2, -0.15) is 0 Å². The van der Waals surface area contributed by atoms with Crippen molar-refractivity contribution in [1.29, 1.82) is 0 Å². The van der Waals surface area contributed by atoms with Gasteiger partial charge in [0.15, 0.2) is 6.61 Å². The average Bonchev–Trinajstić information content (AvgIpc) is 2.96. The van der Waals surface area contributed by atoms with Crippen LogP contribution in [0.4, 0.5) is 5.69 Å². The number of esters is 1. The van der Waals surface area contributed by atoms with Crippen molar-refractivity contribution in [3.63, 3.8) is 0 Å². The summed E-state index contributed by atoms with van der Waals surface area (Å²) >= 11 is 0. The van der Waals surface area contributed by atoms with Gasteiger partial charge in [0.25, 0.3) is 17.7 Å². The highest BCUT2D eigenvalue weighted by atomic mass is 16.5. The van der Waals surface area contributed by atoms with Gasteiger partial charge in [-0.25, -0.2) is 0 Å². The molecule has 3 amide bonds. The quantitative estimate of drug-likeness (QED) is 0.576. The summed E-state index contributed by atoms with van der Waals surface area (Å²) in [4.78, 5) is 49.7. The Hall–Kier alpha value is -3.48. The molecule has 1 aliphatic heterocycles. The summed E-state index contributed by atoms with van der Waals surface area (Å²) in [6, 6.07) is 12.3. The number of ether oxygens (including phenoxy) is 1. The number of carbonyl (C=O) groups excluding carboxylic acids is 4. The minimum atomic E-state index is -0.655. The van der Waals surface area contributed by atoms with Crippen LogP contribution in [0.5, 0.6) is 0 Å². The molecule has 1 heterocycles. The first kappa shape index (κ1) is 20.3. The van der Waals surface area contributed by atoms with E-state index in [9.17, 15) is 19.2 Å². The Labute approximate surface area is 168 Å². The van der Waals surface area contributed by atoms with E-state index >= 15 is 0 Å². The van der Waals surface area contributed by atoms with Gasteiger partial charge in [-0.05, 0) is 36.6 Å². The molecule has 0 atom stereocenters. The number of imide groups is 1. The van der Waals surface area contributed by atoms with Gasteiger partial charge in [0.2, 0.25) is 0 Å². The number of aryl methyl sites for hydroxylation is 2. The lowest BCUT2D eigenvalue weighted by atomic mass is 10.1. The Morgan fingerprint density at radius 1 is 1.00 bits per heavy atom. The van der Waals surface area contributed by atoms with E-state index < -0.39 is 30.3 Å². The molecule has 150 valence electrons. The lowest BCUT2D eigenvalue weighted by Gasteiger charge is -2.14. The summed E-state index contributed by atoms with van der Waals surface area (Å²) in [5.74, 6) is -1.95. The Bertz CT molecular complexity index is 948. The van der Waals surface area contributed by atoms with Crippen molar-refractivity contribution in [1.82, 2.24) is 4.90 Å². The van der Waals surface area contributed by atoms with E-state index in [1.165, 1.54) is 0 Å². The van der Waals surface area contributed by atoms with E-state index in [1.807, 2.05) is 32.0 Å². The molecule has 0 spiro atoms. The molecular formula is C22H22N2O5. The molecule has 0 saturated heterocycles. The molecule has 0 fully saturated rings. The molecule has 2 aromatic rings. The number of nitrogens with one attached hydrogen (secondary N) is 1. The van der Waals surface area contributed by atoms with Crippen LogP contribution in [-0.4, -0.2) is 41.7 Å². The molecule has 1 N–H and O–H groups in total. The first-order valence-corrected chi connectivity index (χ1v) is 9.41. The van der Waals surface area contributed by atoms with Crippen LogP contribution in [0.15, 0.2) is 42.5 Å². The average molecular weight is 394 g/mol. The van der Waals surface area contributed by atoms with Crippen molar-refractivity contribution >= 4 is 29.4 Å². The van der Waals surface area contributed by atoms with E-state index in [0.29, 0.717) is 11.1 Å². The van der Waals surface area contributed by atoms with Gasteiger partial charge < -0.3 is 10.1 Å². The lowest BCUT2D eigenvalue weighted by Crippen LogP contribution is -2.32. The highest BCUT2D eigenvalue weighted by Crippen LogP contribution is 2.23. The topological polar surface area (TPSA) is 92.8 Å². The van der Waals surface area contributed by atoms with Crippen LogP contribution in [0.3, 0.4) is 0 Å². The van der Waals surface area contributed by atoms with Crippen molar-refractivity contribution in [2.24, 2.45) is 0 Å². The maximum absolute atomic E-state index is 12.3. The second kappa shape index (κ2) is 8.68. The zero-order valence-electron chi connectivity index (χ0n) is 16.4. The van der Waals surface area contributed by atoms with Crippen molar-refractivity contribution in [3.8, 4) is 0 Å². The first-order valence-electron chi connectivity index (χ1n) is 9.41. The fourth-order valence-corrected chi connectivity index (χ4v) is 3.24. The Morgan fingerprint density at radius 2 is 1.66 bits per heavy atom. The van der Waals surface area contributed by atoms with Crippen LogP contribution >= 0.6 is 0 Å². The monoisotopic (exact) mass is 394 g/mol. The number of carbonyl (C=O) groups is 4. The lowest BCUT2D eigenvalue weighted by molar-refractivity contribution is -0.147. The zero-order chi connectivity index (χ0) is 21.0. The van der Waals surface area contributed by atoms with Crippen LogP contribution in [-0.2, 0) is 20.7 Å². The molecule has 0 aromatic heterocycles. The summed E-state index contributed by atoms with van der Waals surface area (Å²) in [6.07, 6.45) is 0.584. The number of benzene rings is 2. The molecule has 0 radical (unpaired) electrons. The normalized spacial score (nSPS) is 12.7. The number of hydrogen-bond donors (Lipinski definition) is 1. The van der Waals surface area contributed by atoms with E-state index in [2.05, 4.69) is 5.32 Å². The van der Waals surface area contributed by atoms with Crippen molar-refractivity contribution < 1.29 is 23.9 Å². The highest BCUT2D eigenvalue weighted by Gasteiger charge is 2.35. The second-order valence-corrected chi connectivity index (χ2v) is 6.73. The van der Waals surface area contributed by atoms with Crippen molar-refractivity contribution in [3.05, 3.63) is 64.7 Å². The number of amides is 3. The molecule has 29 heavy (non-hydrogen) atoms. The molecule has 0 aliphatic carbocycles. The van der Waals surface area contributed by atoms with Gasteiger partial charge in [0, 0.05) is 12.2 Å². The summed E-state index contributed by atoms with van der Waals surface area (Å²) in [5, 5.41) is 2.77. The third-order valence-electron chi connectivity index (χ3n) is 4.79. The van der Waals surface area contributed by atoms with Gasteiger partial charge in [-0.3, -0.25) is 24.1 Å². The fourth-order valence-electron chi connectivity index (χ4n) is 3.24. The van der Waals surface area contributed by atoms with E-state index in [0.717, 1.165) is 28.1 Å². The van der Waals surface area contributed by atoms with Gasteiger partial charge in [-0.1, -0.05) is 37.3 Å². The largest absolute Gasteiger partial charge is 0.456 e. The molecule has 2 aromatic carbocycles. The number of nitrogens with zero attached hydrogens (tertiary/aromatic N) is 1. The summed E-state index contributed by atoms with van der Waals surface area (Å²) < 4.78 is 5.00. The fraction of sp³-hybridized carbons (Fsp3) is 0.273. The number of anilines is 1. The van der Waals surface area contributed by atoms with Gasteiger partial charge in [0.1, 0.15) is 0 Å². The van der Waals surface area contributed by atoms with E-state index in [1.54, 1.807) is 24.3 Å². The molecule has 0 saturated carbocycles. The Morgan fingerprint density at radius 3 is 2.28 bits per heavy atom. The smallest absolute Gasteiger partial charge is 0.308 e. The second-order valence-electron chi connectivity index (χ2n) is 6.73. The van der Waals surface area contributed by atoms with Gasteiger partial charge >= 0.3 is 5.97 Å². The minimum Gasteiger partial charge on any atom is -0.456 e. The molecule has 7 heteroatoms. The number of rotatable bonds is 7. The van der Waals surface area contributed by atoms with Gasteiger partial charge in [-0.15, -0.1) is 0 Å². The third kappa shape index (κ3) is 4.34. The molecule has 0 bridgehead atoms. The van der Waals surface area contributed by atoms with Crippen LogP contribution in [0.2, 0.25) is 0 Å². The van der Waals surface area contributed by atoms with Crippen LogP contribution in [0.25, 0.3) is 0 Å². The van der Waals surface area contributed by atoms with E-state index in [4.69, 9.17) is 4.74 Å². The van der Waals surface area contributed by atoms with Gasteiger partial charge in [0.05, 0.1) is 17.5 Å². The summed E-state index contributed by atoms with van der Waals surface area (Å²) in [5.41, 5.74) is 3.30.